The Labute approximate surface area is 130 Å². The molecule has 1 aromatic carbocycles. The highest BCUT2D eigenvalue weighted by atomic mass is 16.5. The number of hydrogen-bond acceptors (Lipinski definition) is 3. The molecule has 3 amide bonds. The number of imide groups is 1. The van der Waals surface area contributed by atoms with Crippen LogP contribution in [-0.2, 0) is 9.53 Å². The fourth-order valence-electron chi connectivity index (χ4n) is 3.25. The fourth-order valence-corrected chi connectivity index (χ4v) is 3.25. The molecule has 0 radical (unpaired) electrons. The SMILES string of the molecule is CC[C@H](C)[C@@H]1NC(=O)N([C@@H]2CCO[C@H]2c2ccccc2)C1=O. The number of carbonyl (C=O) groups is 2. The van der Waals surface area contributed by atoms with Crippen LogP contribution >= 0.6 is 0 Å². The lowest BCUT2D eigenvalue weighted by molar-refractivity contribution is -0.130. The maximum atomic E-state index is 12.7. The number of rotatable bonds is 4. The molecule has 22 heavy (non-hydrogen) atoms. The second-order valence-electron chi connectivity index (χ2n) is 6.08. The average molecular weight is 302 g/mol. The van der Waals surface area contributed by atoms with Crippen LogP contribution in [0, 0.1) is 5.92 Å². The van der Waals surface area contributed by atoms with Gasteiger partial charge in [0, 0.05) is 6.61 Å². The van der Waals surface area contributed by atoms with E-state index in [0.717, 1.165) is 12.0 Å². The van der Waals surface area contributed by atoms with Crippen molar-refractivity contribution in [3.05, 3.63) is 35.9 Å². The van der Waals surface area contributed by atoms with Crippen LogP contribution in [0.2, 0.25) is 0 Å². The zero-order valence-corrected chi connectivity index (χ0v) is 13.0. The maximum absolute atomic E-state index is 12.7. The Hall–Kier alpha value is -1.88. The van der Waals surface area contributed by atoms with Gasteiger partial charge < -0.3 is 10.1 Å². The number of ether oxygens (including phenoxy) is 1. The minimum Gasteiger partial charge on any atom is -0.371 e. The number of nitrogens with zero attached hydrogens (tertiary/aromatic N) is 1. The van der Waals surface area contributed by atoms with Gasteiger partial charge >= 0.3 is 6.03 Å². The molecule has 2 aliphatic heterocycles. The number of carbonyl (C=O) groups excluding carboxylic acids is 2. The molecule has 2 fully saturated rings. The van der Waals surface area contributed by atoms with E-state index in [1.165, 1.54) is 4.90 Å². The number of nitrogens with one attached hydrogen (secondary N) is 1. The van der Waals surface area contributed by atoms with Crippen molar-refractivity contribution < 1.29 is 14.3 Å². The molecule has 1 N–H and O–H groups in total. The van der Waals surface area contributed by atoms with E-state index in [4.69, 9.17) is 4.74 Å². The Bertz CT molecular complexity index is 560. The largest absolute Gasteiger partial charge is 0.371 e. The first-order valence-corrected chi connectivity index (χ1v) is 7.93. The monoisotopic (exact) mass is 302 g/mol. The van der Waals surface area contributed by atoms with Crippen molar-refractivity contribution >= 4 is 11.9 Å². The average Bonchev–Trinajstić information content (AvgIpc) is 3.12. The van der Waals surface area contributed by atoms with Crippen LogP contribution in [0.5, 0.6) is 0 Å². The quantitative estimate of drug-likeness (QED) is 0.869. The van der Waals surface area contributed by atoms with Gasteiger partial charge in [-0.05, 0) is 17.9 Å². The van der Waals surface area contributed by atoms with Crippen LogP contribution < -0.4 is 5.32 Å². The summed E-state index contributed by atoms with van der Waals surface area (Å²) in [4.78, 5) is 26.4. The van der Waals surface area contributed by atoms with Gasteiger partial charge in [0.05, 0.1) is 6.04 Å². The van der Waals surface area contributed by atoms with Crippen LogP contribution in [0.15, 0.2) is 30.3 Å². The third kappa shape index (κ3) is 2.50. The lowest BCUT2D eigenvalue weighted by Crippen LogP contribution is -2.43. The molecule has 5 nitrogen and oxygen atoms in total. The third-order valence-corrected chi connectivity index (χ3v) is 4.73. The van der Waals surface area contributed by atoms with Gasteiger partial charge in [-0.1, -0.05) is 50.6 Å². The van der Waals surface area contributed by atoms with Crippen molar-refractivity contribution in [2.24, 2.45) is 5.92 Å². The number of amides is 3. The molecule has 3 rings (SSSR count). The molecule has 0 spiro atoms. The van der Waals surface area contributed by atoms with Gasteiger partial charge in [0.2, 0.25) is 0 Å². The number of urea groups is 1. The van der Waals surface area contributed by atoms with E-state index in [1.54, 1.807) is 0 Å². The summed E-state index contributed by atoms with van der Waals surface area (Å²) in [6, 6.07) is 8.88. The van der Waals surface area contributed by atoms with Gasteiger partial charge in [0.15, 0.2) is 0 Å². The van der Waals surface area contributed by atoms with Crippen molar-refractivity contribution in [2.45, 2.75) is 44.9 Å². The summed E-state index contributed by atoms with van der Waals surface area (Å²) in [7, 11) is 0. The summed E-state index contributed by atoms with van der Waals surface area (Å²) >= 11 is 0. The van der Waals surface area contributed by atoms with E-state index in [1.807, 2.05) is 44.2 Å². The van der Waals surface area contributed by atoms with Crippen molar-refractivity contribution in [1.29, 1.82) is 0 Å². The highest BCUT2D eigenvalue weighted by Crippen LogP contribution is 2.35. The Morgan fingerprint density at radius 3 is 2.73 bits per heavy atom. The molecule has 2 aliphatic rings. The zero-order chi connectivity index (χ0) is 15.7. The predicted octanol–water partition coefficient (Wildman–Crippen LogP) is 2.48. The summed E-state index contributed by atoms with van der Waals surface area (Å²) in [5.74, 6) is 0.0229. The molecule has 118 valence electrons. The Balaban J connectivity index is 1.84. The molecule has 2 heterocycles. The van der Waals surface area contributed by atoms with Gasteiger partial charge in [-0.25, -0.2) is 4.79 Å². The molecule has 0 aromatic heterocycles. The molecule has 4 atom stereocenters. The van der Waals surface area contributed by atoms with Crippen LogP contribution in [0.4, 0.5) is 4.79 Å². The van der Waals surface area contributed by atoms with Crippen molar-refractivity contribution in [1.82, 2.24) is 10.2 Å². The second kappa shape index (κ2) is 6.08. The predicted molar refractivity (Wildman–Crippen MR) is 82.2 cm³/mol. The van der Waals surface area contributed by atoms with Crippen LogP contribution in [0.3, 0.4) is 0 Å². The second-order valence-corrected chi connectivity index (χ2v) is 6.08. The molecular weight excluding hydrogens is 280 g/mol. The van der Waals surface area contributed by atoms with Crippen LogP contribution in [0.25, 0.3) is 0 Å². The molecule has 0 unspecified atom stereocenters. The maximum Gasteiger partial charge on any atom is 0.325 e. The Morgan fingerprint density at radius 1 is 1.32 bits per heavy atom. The first kappa shape index (κ1) is 15.0. The third-order valence-electron chi connectivity index (χ3n) is 4.73. The van der Waals surface area contributed by atoms with Crippen LogP contribution in [-0.4, -0.2) is 35.5 Å². The van der Waals surface area contributed by atoms with Crippen molar-refractivity contribution in [2.75, 3.05) is 6.61 Å². The summed E-state index contributed by atoms with van der Waals surface area (Å²) in [5.41, 5.74) is 1.01. The first-order chi connectivity index (χ1) is 10.6. The minimum absolute atomic E-state index is 0.115. The topological polar surface area (TPSA) is 58.6 Å². The molecule has 1 aromatic rings. The molecule has 0 saturated carbocycles. The smallest absolute Gasteiger partial charge is 0.325 e. The summed E-state index contributed by atoms with van der Waals surface area (Å²) < 4.78 is 5.81. The lowest BCUT2D eigenvalue weighted by Gasteiger charge is -2.26. The number of hydrogen-bond donors (Lipinski definition) is 1. The highest BCUT2D eigenvalue weighted by molar-refractivity contribution is 6.04. The van der Waals surface area contributed by atoms with Gasteiger partial charge in [0.25, 0.3) is 5.91 Å². The van der Waals surface area contributed by atoms with E-state index >= 15 is 0 Å². The van der Waals surface area contributed by atoms with Gasteiger partial charge in [-0.2, -0.15) is 0 Å². The van der Waals surface area contributed by atoms with E-state index in [-0.39, 0.29) is 30.0 Å². The fraction of sp³-hybridized carbons (Fsp3) is 0.529. The van der Waals surface area contributed by atoms with Gasteiger partial charge in [-0.15, -0.1) is 0 Å². The van der Waals surface area contributed by atoms with Gasteiger partial charge in [-0.3, -0.25) is 9.69 Å². The van der Waals surface area contributed by atoms with Crippen molar-refractivity contribution in [3.63, 3.8) is 0 Å². The van der Waals surface area contributed by atoms with E-state index in [9.17, 15) is 9.59 Å². The van der Waals surface area contributed by atoms with E-state index in [2.05, 4.69) is 5.32 Å². The Kier molecular flexibility index (Phi) is 4.16. The normalized spacial score (nSPS) is 29.7. The summed E-state index contributed by atoms with van der Waals surface area (Å²) in [6.45, 7) is 4.58. The molecule has 2 saturated heterocycles. The molecular formula is C17H22N2O3. The van der Waals surface area contributed by atoms with E-state index in [0.29, 0.717) is 13.0 Å². The van der Waals surface area contributed by atoms with E-state index < -0.39 is 6.04 Å². The highest BCUT2D eigenvalue weighted by Gasteiger charge is 2.48. The van der Waals surface area contributed by atoms with Gasteiger partial charge in [0.1, 0.15) is 12.1 Å². The summed E-state index contributed by atoms with van der Waals surface area (Å²) in [5, 5.41) is 2.84. The lowest BCUT2D eigenvalue weighted by atomic mass is 9.97. The Morgan fingerprint density at radius 2 is 2.05 bits per heavy atom. The molecule has 0 bridgehead atoms. The molecule has 5 heteroatoms. The number of benzene rings is 1. The summed E-state index contributed by atoms with van der Waals surface area (Å²) in [6.07, 6.45) is 1.31. The van der Waals surface area contributed by atoms with Crippen molar-refractivity contribution in [3.8, 4) is 0 Å². The van der Waals surface area contributed by atoms with Crippen LogP contribution in [0.1, 0.15) is 38.4 Å². The minimum atomic E-state index is -0.408. The standard InChI is InChI=1S/C17H22N2O3/c1-3-11(2)14-16(20)19(17(21)18-14)13-9-10-22-15(13)12-7-5-4-6-8-12/h4-8,11,13-15H,3,9-10H2,1-2H3,(H,18,21)/t11-,13+,14-,15-/m0/s1. The first-order valence-electron chi connectivity index (χ1n) is 7.93. The zero-order valence-electron chi connectivity index (χ0n) is 13.0. The molecule has 0 aliphatic carbocycles.